The van der Waals surface area contributed by atoms with Crippen LogP contribution < -0.4 is 4.74 Å². The van der Waals surface area contributed by atoms with E-state index in [1.807, 2.05) is 74.5 Å². The lowest BCUT2D eigenvalue weighted by Crippen LogP contribution is -2.28. The Morgan fingerprint density at radius 3 is 2.45 bits per heavy atom. The van der Waals surface area contributed by atoms with E-state index >= 15 is 0 Å². The molecular weight excluding hydrogens is 412 g/mol. The van der Waals surface area contributed by atoms with E-state index in [1.165, 1.54) is 0 Å². The van der Waals surface area contributed by atoms with Crippen LogP contribution in [0, 0.1) is 13.8 Å². The molecule has 1 aliphatic carbocycles. The van der Waals surface area contributed by atoms with Crippen LogP contribution >= 0.6 is 0 Å². The fraction of sp³-hybridized carbons (Fsp3) is 0.310. The lowest BCUT2D eigenvalue weighted by molar-refractivity contribution is 0.111. The molecule has 0 bridgehead atoms. The molecule has 2 atom stereocenters. The molecule has 0 radical (unpaired) electrons. The van der Waals surface area contributed by atoms with E-state index in [2.05, 4.69) is 6.92 Å². The Morgan fingerprint density at radius 1 is 1.03 bits per heavy atom. The highest BCUT2D eigenvalue weighted by molar-refractivity contribution is 5.75. The predicted octanol–water partition coefficient (Wildman–Crippen LogP) is 6.29. The molecule has 0 amide bonds. The first-order chi connectivity index (χ1) is 15.5. The topological polar surface area (TPSA) is 62.8 Å². The van der Waals surface area contributed by atoms with Gasteiger partial charge in [0.15, 0.2) is 0 Å². The van der Waals surface area contributed by atoms with Crippen LogP contribution in [0.3, 0.4) is 0 Å². The average molecular weight is 443 g/mol. The highest BCUT2D eigenvalue weighted by Gasteiger charge is 2.37. The number of ether oxygens (including phenoxy) is 1. The Balaban J connectivity index is 1.80. The van der Waals surface area contributed by atoms with E-state index in [-0.39, 0.29) is 5.92 Å². The van der Waals surface area contributed by atoms with E-state index in [4.69, 9.17) is 9.15 Å². The first-order valence-electron chi connectivity index (χ1n) is 11.4. The summed E-state index contributed by atoms with van der Waals surface area (Å²) in [4.78, 5) is 0. The third-order valence-corrected chi connectivity index (χ3v) is 6.46. The molecule has 0 spiro atoms. The number of hydrogen-bond acceptors (Lipinski definition) is 4. The normalized spacial score (nSPS) is 21.5. The quantitative estimate of drug-likeness (QED) is 0.392. The van der Waals surface area contributed by atoms with Crippen LogP contribution in [0.25, 0.3) is 12.2 Å². The molecule has 2 aromatic carbocycles. The second-order valence-corrected chi connectivity index (χ2v) is 10.1. The number of rotatable bonds is 3. The second kappa shape index (κ2) is 7.47. The largest absolute Gasteiger partial charge is 0.465 e. The highest BCUT2D eigenvalue weighted by atomic mass is 16.5. The minimum atomic E-state index is -0.938. The summed E-state index contributed by atoms with van der Waals surface area (Å²) in [5.74, 6) is 3.11. The van der Waals surface area contributed by atoms with Gasteiger partial charge in [-0.3, -0.25) is 0 Å². The third-order valence-electron chi connectivity index (χ3n) is 6.46. The van der Waals surface area contributed by atoms with Crippen LogP contribution in [0.15, 0.2) is 53.0 Å². The van der Waals surface area contributed by atoms with Gasteiger partial charge in [-0.25, -0.2) is 0 Å². The van der Waals surface area contributed by atoms with Gasteiger partial charge < -0.3 is 19.4 Å². The molecule has 2 N–H and O–H groups in total. The molecular formula is C29H30O4. The first kappa shape index (κ1) is 21.7. The minimum Gasteiger partial charge on any atom is -0.465 e. The van der Waals surface area contributed by atoms with Crippen LogP contribution in [0.1, 0.15) is 71.6 Å². The fourth-order valence-corrected chi connectivity index (χ4v) is 4.88. The van der Waals surface area contributed by atoms with Crippen molar-refractivity contribution in [2.24, 2.45) is 0 Å². The average Bonchev–Trinajstić information content (AvgIpc) is 3.15. The molecule has 0 saturated carbocycles. The molecule has 170 valence electrons. The van der Waals surface area contributed by atoms with Crippen molar-refractivity contribution in [3.63, 3.8) is 0 Å². The maximum atomic E-state index is 10.6. The minimum absolute atomic E-state index is 0.179. The third kappa shape index (κ3) is 3.94. The van der Waals surface area contributed by atoms with Gasteiger partial charge in [0.05, 0.1) is 17.1 Å². The fourth-order valence-electron chi connectivity index (χ4n) is 4.88. The number of furan rings is 1. The molecule has 5 rings (SSSR count). The maximum Gasteiger partial charge on any atom is 0.132 e. The van der Waals surface area contributed by atoms with Gasteiger partial charge in [0.2, 0.25) is 0 Å². The molecule has 33 heavy (non-hydrogen) atoms. The number of aryl methyl sites for hydroxylation is 2. The maximum absolute atomic E-state index is 10.6. The standard InChI is InChI=1S/C29H30O4/c1-17-6-9-22-25(20(17)12-14-28(3,4)30)27(24-10-7-18(2)32-24)26-21-13-15-29(5,31)16-19(21)8-11-23(26)33-22/h6-15,27,30-31H,16H2,1-5H3/b14-12-. The van der Waals surface area contributed by atoms with Crippen LogP contribution in [-0.4, -0.2) is 21.4 Å². The zero-order valence-electron chi connectivity index (χ0n) is 19.8. The molecule has 3 aromatic rings. The van der Waals surface area contributed by atoms with Crippen molar-refractivity contribution in [1.82, 2.24) is 0 Å². The summed E-state index contributed by atoms with van der Waals surface area (Å²) in [6.07, 6.45) is 8.22. The van der Waals surface area contributed by atoms with Crippen molar-refractivity contribution in [2.45, 2.75) is 58.2 Å². The van der Waals surface area contributed by atoms with Gasteiger partial charge in [-0.05, 0) is 81.1 Å². The van der Waals surface area contributed by atoms with E-state index in [9.17, 15) is 10.2 Å². The van der Waals surface area contributed by atoms with Gasteiger partial charge >= 0.3 is 0 Å². The van der Waals surface area contributed by atoms with Crippen molar-refractivity contribution in [1.29, 1.82) is 0 Å². The van der Waals surface area contributed by atoms with Crippen LogP contribution in [0.5, 0.6) is 11.5 Å². The van der Waals surface area contributed by atoms with Crippen LogP contribution in [0.2, 0.25) is 0 Å². The van der Waals surface area contributed by atoms with Crippen molar-refractivity contribution in [3.8, 4) is 11.5 Å². The monoisotopic (exact) mass is 442 g/mol. The van der Waals surface area contributed by atoms with Crippen molar-refractivity contribution in [2.75, 3.05) is 0 Å². The van der Waals surface area contributed by atoms with Gasteiger partial charge in [0, 0.05) is 17.5 Å². The SMILES string of the molecule is Cc1ccc(C2c3c(ccc4c3C=CC(C)(O)C4)Oc3ccc(C)c(/C=C\C(C)(C)O)c32)o1. The zero-order valence-corrected chi connectivity index (χ0v) is 19.8. The molecule has 4 nitrogen and oxygen atoms in total. The van der Waals surface area contributed by atoms with E-state index in [1.54, 1.807) is 13.8 Å². The molecule has 2 unspecified atom stereocenters. The summed E-state index contributed by atoms with van der Waals surface area (Å²) < 4.78 is 12.7. The van der Waals surface area contributed by atoms with Crippen LogP contribution in [0.4, 0.5) is 0 Å². The Morgan fingerprint density at radius 2 is 1.76 bits per heavy atom. The smallest absolute Gasteiger partial charge is 0.132 e. The van der Waals surface area contributed by atoms with Crippen LogP contribution in [-0.2, 0) is 6.42 Å². The summed E-state index contributed by atoms with van der Waals surface area (Å²) in [5.41, 5.74) is 4.53. The Hall–Kier alpha value is -3.08. The lowest BCUT2D eigenvalue weighted by atomic mass is 9.76. The zero-order chi connectivity index (χ0) is 23.5. The van der Waals surface area contributed by atoms with Gasteiger partial charge in [-0.1, -0.05) is 36.4 Å². The first-order valence-corrected chi connectivity index (χ1v) is 11.4. The molecule has 1 aromatic heterocycles. The predicted molar refractivity (Wildman–Crippen MR) is 131 cm³/mol. The highest BCUT2D eigenvalue weighted by Crippen LogP contribution is 2.52. The molecule has 0 fully saturated rings. The second-order valence-electron chi connectivity index (χ2n) is 10.1. The van der Waals surface area contributed by atoms with Crippen molar-refractivity contribution >= 4 is 12.2 Å². The van der Waals surface area contributed by atoms with Crippen molar-refractivity contribution < 1.29 is 19.4 Å². The molecule has 4 heteroatoms. The van der Waals surface area contributed by atoms with Gasteiger partial charge in [0.25, 0.3) is 0 Å². The van der Waals surface area contributed by atoms with Gasteiger partial charge in [-0.2, -0.15) is 0 Å². The van der Waals surface area contributed by atoms with Gasteiger partial charge in [0.1, 0.15) is 23.0 Å². The number of fused-ring (bicyclic) bond motifs is 4. The Labute approximate surface area is 194 Å². The van der Waals surface area contributed by atoms with Gasteiger partial charge in [-0.15, -0.1) is 0 Å². The number of hydrogen-bond donors (Lipinski definition) is 2. The lowest BCUT2D eigenvalue weighted by Gasteiger charge is -2.34. The summed E-state index contributed by atoms with van der Waals surface area (Å²) in [7, 11) is 0. The summed E-state index contributed by atoms with van der Waals surface area (Å²) in [6, 6.07) is 12.1. The summed E-state index contributed by atoms with van der Waals surface area (Å²) in [5, 5.41) is 21.0. The van der Waals surface area contributed by atoms with Crippen molar-refractivity contribution in [3.05, 3.63) is 93.5 Å². The van der Waals surface area contributed by atoms with E-state index in [0.717, 1.165) is 56.4 Å². The van der Waals surface area contributed by atoms with E-state index < -0.39 is 11.2 Å². The van der Waals surface area contributed by atoms with E-state index in [0.29, 0.717) is 6.42 Å². The molecule has 0 saturated heterocycles. The Bertz CT molecular complexity index is 1300. The molecule has 1 aliphatic heterocycles. The summed E-state index contributed by atoms with van der Waals surface area (Å²) in [6.45, 7) is 9.38. The summed E-state index contributed by atoms with van der Waals surface area (Å²) >= 11 is 0. The number of aliphatic hydroxyl groups is 2. The Kier molecular flexibility index (Phi) is 4.93. The molecule has 2 heterocycles. The molecule has 2 aliphatic rings. The number of benzene rings is 2.